The van der Waals surface area contributed by atoms with E-state index < -0.39 is 21.9 Å². The Kier molecular flexibility index (Phi) is 6.83. The van der Waals surface area contributed by atoms with Crippen LogP contribution in [0.1, 0.15) is 10.4 Å². The van der Waals surface area contributed by atoms with Gasteiger partial charge in [-0.1, -0.05) is 0 Å². The monoisotopic (exact) mass is 408 g/mol. The zero-order chi connectivity index (χ0) is 20.7. The van der Waals surface area contributed by atoms with Crippen LogP contribution < -0.4 is 19.5 Å². The molecule has 2 rings (SSSR count). The van der Waals surface area contributed by atoms with Crippen LogP contribution >= 0.6 is 0 Å². The number of sulfonamides is 1. The Bertz CT molecular complexity index is 956. The van der Waals surface area contributed by atoms with Crippen molar-refractivity contribution < 1.29 is 32.2 Å². The molecule has 0 heterocycles. The van der Waals surface area contributed by atoms with Gasteiger partial charge in [-0.25, -0.2) is 8.42 Å². The summed E-state index contributed by atoms with van der Waals surface area (Å²) in [6.45, 7) is -0.261. The summed E-state index contributed by atoms with van der Waals surface area (Å²) in [5.74, 6) is -0.376. The van der Waals surface area contributed by atoms with Gasteiger partial charge in [-0.2, -0.15) is 0 Å². The molecule has 0 aliphatic rings. The van der Waals surface area contributed by atoms with Crippen molar-refractivity contribution in [1.29, 1.82) is 0 Å². The fourth-order valence-corrected chi connectivity index (χ4v) is 3.29. The molecule has 0 saturated carbocycles. The number of esters is 1. The second-order valence-electron chi connectivity index (χ2n) is 5.46. The topological polar surface area (TPSA) is 120 Å². The second kappa shape index (κ2) is 9.09. The molecule has 2 N–H and O–H groups in total. The highest BCUT2D eigenvalue weighted by Crippen LogP contribution is 2.30. The van der Waals surface area contributed by atoms with E-state index in [1.807, 2.05) is 0 Å². The van der Waals surface area contributed by atoms with Crippen molar-refractivity contribution in [2.24, 2.45) is 0 Å². The zero-order valence-electron chi connectivity index (χ0n) is 15.5. The number of benzene rings is 2. The Balaban J connectivity index is 2.12. The largest absolute Gasteiger partial charge is 0.493 e. The molecule has 10 heteroatoms. The maximum atomic E-state index is 12.6. The van der Waals surface area contributed by atoms with Crippen molar-refractivity contribution in [2.45, 2.75) is 4.90 Å². The number of carbonyl (C=O) groups is 2. The molecule has 0 aliphatic carbocycles. The van der Waals surface area contributed by atoms with Crippen LogP contribution in [0, 0.1) is 0 Å². The van der Waals surface area contributed by atoms with Crippen LogP contribution in [0.25, 0.3) is 0 Å². The molecule has 0 unspecified atom stereocenters. The molecule has 0 spiro atoms. The Morgan fingerprint density at radius 3 is 2.14 bits per heavy atom. The lowest BCUT2D eigenvalue weighted by atomic mass is 10.2. The van der Waals surface area contributed by atoms with Crippen molar-refractivity contribution >= 4 is 27.6 Å². The van der Waals surface area contributed by atoms with Gasteiger partial charge in [0.25, 0.3) is 15.9 Å². The Labute approximate surface area is 162 Å². The fraction of sp³-hybridized carbons (Fsp3) is 0.222. The number of carbonyl (C=O) groups excluding carboxylic acids is 2. The van der Waals surface area contributed by atoms with Crippen molar-refractivity contribution in [3.8, 4) is 11.5 Å². The number of anilines is 1. The third kappa shape index (κ3) is 5.13. The van der Waals surface area contributed by atoms with Crippen LogP contribution in [0.5, 0.6) is 11.5 Å². The number of methoxy groups -OCH3 is 3. The number of hydrogen-bond acceptors (Lipinski definition) is 7. The molecule has 0 atom stereocenters. The summed E-state index contributed by atoms with van der Waals surface area (Å²) in [7, 11) is 0.200. The molecule has 28 heavy (non-hydrogen) atoms. The first-order valence-electron chi connectivity index (χ1n) is 8.00. The van der Waals surface area contributed by atoms with Crippen LogP contribution in [0.15, 0.2) is 47.4 Å². The Hall–Kier alpha value is -3.27. The van der Waals surface area contributed by atoms with E-state index in [0.717, 1.165) is 0 Å². The lowest BCUT2D eigenvalue weighted by molar-refractivity contribution is -0.139. The number of ether oxygens (including phenoxy) is 3. The average Bonchev–Trinajstić information content (AvgIpc) is 2.71. The van der Waals surface area contributed by atoms with Gasteiger partial charge in [-0.05, 0) is 36.4 Å². The number of nitrogens with one attached hydrogen (secondary N) is 2. The summed E-state index contributed by atoms with van der Waals surface area (Å²) in [5.41, 5.74) is 0.525. The first kappa shape index (κ1) is 21.0. The van der Waals surface area contributed by atoms with Crippen molar-refractivity contribution in [1.82, 2.24) is 5.32 Å². The van der Waals surface area contributed by atoms with Gasteiger partial charge in [0.05, 0.1) is 26.2 Å². The molecule has 0 saturated heterocycles. The maximum absolute atomic E-state index is 12.6. The first-order chi connectivity index (χ1) is 13.3. The standard InChI is InChI=1S/C18H20N2O7S/c1-25-15-9-8-14(10-16(15)26-2)28(23,24)20-13-6-4-12(5-7-13)18(22)19-11-17(21)27-3/h4-10,20H,11H2,1-3H3,(H,19,22). The van der Waals surface area contributed by atoms with Gasteiger partial charge in [0.1, 0.15) is 6.54 Å². The highest BCUT2D eigenvalue weighted by Gasteiger charge is 2.17. The minimum absolute atomic E-state index is 0.00922. The van der Waals surface area contributed by atoms with E-state index in [9.17, 15) is 18.0 Å². The van der Waals surface area contributed by atoms with E-state index >= 15 is 0 Å². The molecule has 0 aromatic heterocycles. The molecular formula is C18H20N2O7S. The molecule has 2 aromatic rings. The molecule has 0 radical (unpaired) electrons. The van der Waals surface area contributed by atoms with Crippen LogP contribution in [-0.2, 0) is 19.6 Å². The Morgan fingerprint density at radius 2 is 1.57 bits per heavy atom. The summed E-state index contributed by atoms with van der Waals surface area (Å²) in [4.78, 5) is 23.0. The van der Waals surface area contributed by atoms with E-state index in [2.05, 4.69) is 14.8 Å². The third-order valence-electron chi connectivity index (χ3n) is 3.69. The van der Waals surface area contributed by atoms with Crippen molar-refractivity contribution in [3.63, 3.8) is 0 Å². The van der Waals surface area contributed by atoms with E-state index in [-0.39, 0.29) is 28.4 Å². The van der Waals surface area contributed by atoms with Crippen LogP contribution in [0.4, 0.5) is 5.69 Å². The van der Waals surface area contributed by atoms with Gasteiger partial charge in [-0.3, -0.25) is 14.3 Å². The normalized spacial score (nSPS) is 10.7. The molecule has 2 aromatic carbocycles. The zero-order valence-corrected chi connectivity index (χ0v) is 16.3. The van der Waals surface area contributed by atoms with Crippen LogP contribution in [-0.4, -0.2) is 48.2 Å². The second-order valence-corrected chi connectivity index (χ2v) is 7.14. The number of hydrogen-bond donors (Lipinski definition) is 2. The lowest BCUT2D eigenvalue weighted by Crippen LogP contribution is -2.30. The number of amides is 1. The summed E-state index contributed by atoms with van der Waals surface area (Å²) < 4.78 is 42.2. The minimum Gasteiger partial charge on any atom is -0.493 e. The smallest absolute Gasteiger partial charge is 0.325 e. The summed E-state index contributed by atoms with van der Waals surface area (Å²) in [6, 6.07) is 9.95. The van der Waals surface area contributed by atoms with Gasteiger partial charge in [-0.15, -0.1) is 0 Å². The van der Waals surface area contributed by atoms with Crippen LogP contribution in [0.2, 0.25) is 0 Å². The SMILES string of the molecule is COC(=O)CNC(=O)c1ccc(NS(=O)(=O)c2ccc(OC)c(OC)c2)cc1. The first-order valence-corrected chi connectivity index (χ1v) is 9.49. The average molecular weight is 408 g/mol. The maximum Gasteiger partial charge on any atom is 0.325 e. The van der Waals surface area contributed by atoms with Gasteiger partial charge < -0.3 is 19.5 Å². The summed E-state index contributed by atoms with van der Waals surface area (Å²) in [6.07, 6.45) is 0. The van der Waals surface area contributed by atoms with Crippen molar-refractivity contribution in [3.05, 3.63) is 48.0 Å². The fourth-order valence-electron chi connectivity index (χ4n) is 2.21. The quantitative estimate of drug-likeness (QED) is 0.634. The lowest BCUT2D eigenvalue weighted by Gasteiger charge is -2.12. The van der Waals surface area contributed by atoms with Gasteiger partial charge in [0, 0.05) is 17.3 Å². The molecule has 0 aliphatic heterocycles. The highest BCUT2D eigenvalue weighted by atomic mass is 32.2. The van der Waals surface area contributed by atoms with Gasteiger partial charge >= 0.3 is 5.97 Å². The molecule has 0 bridgehead atoms. The van der Waals surface area contributed by atoms with Gasteiger partial charge in [0.2, 0.25) is 0 Å². The Morgan fingerprint density at radius 1 is 0.929 bits per heavy atom. The van der Waals surface area contributed by atoms with E-state index in [1.54, 1.807) is 0 Å². The summed E-state index contributed by atoms with van der Waals surface area (Å²) >= 11 is 0. The molecule has 1 amide bonds. The van der Waals surface area contributed by atoms with Gasteiger partial charge in [0.15, 0.2) is 11.5 Å². The molecular weight excluding hydrogens is 388 g/mol. The van der Waals surface area contributed by atoms with E-state index in [0.29, 0.717) is 5.75 Å². The highest BCUT2D eigenvalue weighted by molar-refractivity contribution is 7.92. The molecule has 150 valence electrons. The predicted octanol–water partition coefficient (Wildman–Crippen LogP) is 1.41. The van der Waals surface area contributed by atoms with Crippen molar-refractivity contribution in [2.75, 3.05) is 32.6 Å². The predicted molar refractivity (Wildman–Crippen MR) is 101 cm³/mol. The molecule has 9 nitrogen and oxygen atoms in total. The third-order valence-corrected chi connectivity index (χ3v) is 5.06. The molecule has 0 fully saturated rings. The minimum atomic E-state index is -3.88. The van der Waals surface area contributed by atoms with Crippen LogP contribution in [0.3, 0.4) is 0 Å². The van der Waals surface area contributed by atoms with E-state index in [4.69, 9.17) is 9.47 Å². The van der Waals surface area contributed by atoms with E-state index in [1.165, 1.54) is 63.8 Å². The summed E-state index contributed by atoms with van der Waals surface area (Å²) in [5, 5.41) is 2.39. The number of rotatable bonds is 8.